The van der Waals surface area contributed by atoms with Crippen molar-refractivity contribution in [2.75, 3.05) is 33.9 Å². The highest BCUT2D eigenvalue weighted by Gasteiger charge is 2.26. The Morgan fingerprint density at radius 2 is 1.71 bits per heavy atom. The van der Waals surface area contributed by atoms with E-state index in [1.807, 2.05) is 0 Å². The van der Waals surface area contributed by atoms with Crippen LogP contribution in [0.4, 0.5) is 0 Å². The van der Waals surface area contributed by atoms with Gasteiger partial charge in [-0.3, -0.25) is 4.79 Å². The van der Waals surface area contributed by atoms with Gasteiger partial charge in [0.2, 0.25) is 0 Å². The number of piperidine rings is 1. The van der Waals surface area contributed by atoms with Gasteiger partial charge in [0.25, 0.3) is 5.91 Å². The van der Waals surface area contributed by atoms with Gasteiger partial charge in [-0.1, -0.05) is 13.8 Å². The van der Waals surface area contributed by atoms with E-state index in [-0.39, 0.29) is 12.5 Å². The smallest absolute Gasteiger partial charge is 0.338 e. The summed E-state index contributed by atoms with van der Waals surface area (Å²) in [4.78, 5) is 26.2. The lowest BCUT2D eigenvalue weighted by atomic mass is 9.92. The van der Waals surface area contributed by atoms with Crippen molar-refractivity contribution in [2.45, 2.75) is 20.3 Å². The van der Waals surface area contributed by atoms with Gasteiger partial charge in [0.1, 0.15) is 0 Å². The van der Waals surface area contributed by atoms with Crippen molar-refractivity contribution in [1.29, 1.82) is 0 Å². The number of esters is 1. The van der Waals surface area contributed by atoms with E-state index in [1.54, 1.807) is 17.0 Å². The molecular formula is C18H25NO5. The highest BCUT2D eigenvalue weighted by Crippen LogP contribution is 2.27. The van der Waals surface area contributed by atoms with E-state index in [1.165, 1.54) is 20.3 Å². The van der Waals surface area contributed by atoms with E-state index in [2.05, 4.69) is 13.8 Å². The van der Waals surface area contributed by atoms with Crippen molar-refractivity contribution in [3.8, 4) is 11.5 Å². The number of rotatable bonds is 5. The molecule has 0 spiro atoms. The van der Waals surface area contributed by atoms with Crippen LogP contribution in [0.2, 0.25) is 0 Å². The molecule has 2 rings (SSSR count). The van der Waals surface area contributed by atoms with Crippen molar-refractivity contribution in [3.63, 3.8) is 0 Å². The number of nitrogens with zero attached hydrogens (tertiary/aromatic N) is 1. The monoisotopic (exact) mass is 335 g/mol. The molecule has 0 saturated carbocycles. The van der Waals surface area contributed by atoms with E-state index in [9.17, 15) is 9.59 Å². The lowest BCUT2D eigenvalue weighted by Crippen LogP contribution is -2.44. The Hall–Kier alpha value is -2.24. The fourth-order valence-electron chi connectivity index (χ4n) is 3.13. The number of hydrogen-bond acceptors (Lipinski definition) is 5. The van der Waals surface area contributed by atoms with Crippen LogP contribution >= 0.6 is 0 Å². The molecule has 1 amide bonds. The first-order valence-corrected chi connectivity index (χ1v) is 8.11. The van der Waals surface area contributed by atoms with Crippen LogP contribution in [0, 0.1) is 11.8 Å². The molecule has 0 radical (unpaired) electrons. The average molecular weight is 335 g/mol. The minimum Gasteiger partial charge on any atom is -0.493 e. The van der Waals surface area contributed by atoms with Crippen molar-refractivity contribution in [1.82, 2.24) is 4.90 Å². The fraction of sp³-hybridized carbons (Fsp3) is 0.556. The molecule has 0 bridgehead atoms. The van der Waals surface area contributed by atoms with Gasteiger partial charge in [0.15, 0.2) is 18.1 Å². The zero-order chi connectivity index (χ0) is 17.7. The number of carbonyl (C=O) groups is 2. The average Bonchev–Trinajstić information content (AvgIpc) is 2.57. The summed E-state index contributed by atoms with van der Waals surface area (Å²) < 4.78 is 15.5. The Labute approximate surface area is 142 Å². The third-order valence-electron chi connectivity index (χ3n) is 4.17. The summed E-state index contributed by atoms with van der Waals surface area (Å²) in [6, 6.07) is 4.75. The molecule has 1 heterocycles. The number of carbonyl (C=O) groups excluding carboxylic acids is 2. The van der Waals surface area contributed by atoms with Crippen molar-refractivity contribution < 1.29 is 23.8 Å². The third-order valence-corrected chi connectivity index (χ3v) is 4.17. The molecule has 1 aliphatic heterocycles. The first-order chi connectivity index (χ1) is 11.4. The van der Waals surface area contributed by atoms with Crippen LogP contribution in [-0.2, 0) is 9.53 Å². The van der Waals surface area contributed by atoms with Crippen LogP contribution < -0.4 is 9.47 Å². The zero-order valence-electron chi connectivity index (χ0n) is 14.7. The molecule has 6 nitrogen and oxygen atoms in total. The van der Waals surface area contributed by atoms with Crippen LogP contribution in [0.15, 0.2) is 18.2 Å². The topological polar surface area (TPSA) is 65.1 Å². The van der Waals surface area contributed by atoms with Gasteiger partial charge in [-0.05, 0) is 36.5 Å². The molecule has 1 aromatic carbocycles. The van der Waals surface area contributed by atoms with Crippen molar-refractivity contribution >= 4 is 11.9 Å². The molecule has 1 aromatic rings. The summed E-state index contributed by atoms with van der Waals surface area (Å²) in [7, 11) is 3.02. The van der Waals surface area contributed by atoms with Gasteiger partial charge in [0.05, 0.1) is 19.8 Å². The van der Waals surface area contributed by atoms with Gasteiger partial charge < -0.3 is 19.1 Å². The Morgan fingerprint density at radius 3 is 2.29 bits per heavy atom. The predicted octanol–water partition coefficient (Wildman–Crippen LogP) is 2.37. The number of hydrogen-bond donors (Lipinski definition) is 0. The zero-order valence-corrected chi connectivity index (χ0v) is 14.7. The van der Waals surface area contributed by atoms with Crippen molar-refractivity contribution in [2.24, 2.45) is 11.8 Å². The standard InChI is InChI=1S/C18H25NO5/c1-12-7-13(2)10-19(9-12)17(20)11-24-18(21)14-5-6-15(22-3)16(8-14)23-4/h5-6,8,12-13H,7,9-11H2,1-4H3/t12-,13+. The molecule has 2 atom stereocenters. The Morgan fingerprint density at radius 1 is 1.08 bits per heavy atom. The molecule has 0 unspecified atom stereocenters. The molecule has 1 aliphatic rings. The molecule has 0 aromatic heterocycles. The van der Waals surface area contributed by atoms with Crippen LogP contribution in [0.25, 0.3) is 0 Å². The maximum atomic E-state index is 12.3. The minimum absolute atomic E-state index is 0.151. The summed E-state index contributed by atoms with van der Waals surface area (Å²) in [6.45, 7) is 5.46. The van der Waals surface area contributed by atoms with Gasteiger partial charge in [-0.15, -0.1) is 0 Å². The third kappa shape index (κ3) is 4.40. The predicted molar refractivity (Wildman–Crippen MR) is 89.4 cm³/mol. The van der Waals surface area contributed by atoms with E-state index in [4.69, 9.17) is 14.2 Å². The molecule has 24 heavy (non-hydrogen) atoms. The summed E-state index contributed by atoms with van der Waals surface area (Å²) >= 11 is 0. The second-order valence-electron chi connectivity index (χ2n) is 6.39. The fourth-order valence-corrected chi connectivity index (χ4v) is 3.13. The molecular weight excluding hydrogens is 310 g/mol. The number of ether oxygens (including phenoxy) is 3. The molecule has 1 saturated heterocycles. The number of likely N-dealkylation sites (tertiary alicyclic amines) is 1. The number of methoxy groups -OCH3 is 2. The lowest BCUT2D eigenvalue weighted by Gasteiger charge is -2.34. The summed E-state index contributed by atoms with van der Waals surface area (Å²) in [5.41, 5.74) is 0.320. The van der Waals surface area contributed by atoms with Gasteiger partial charge in [-0.2, -0.15) is 0 Å². The number of amides is 1. The summed E-state index contributed by atoms with van der Waals surface area (Å²) in [5, 5.41) is 0. The summed E-state index contributed by atoms with van der Waals surface area (Å²) in [6.07, 6.45) is 1.12. The molecule has 0 aliphatic carbocycles. The van der Waals surface area contributed by atoms with Gasteiger partial charge in [-0.25, -0.2) is 4.79 Å². The molecule has 132 valence electrons. The van der Waals surface area contributed by atoms with Crippen LogP contribution in [0.3, 0.4) is 0 Å². The molecule has 1 fully saturated rings. The maximum absolute atomic E-state index is 12.3. The van der Waals surface area contributed by atoms with Crippen molar-refractivity contribution in [3.05, 3.63) is 23.8 Å². The first-order valence-electron chi connectivity index (χ1n) is 8.11. The van der Waals surface area contributed by atoms with E-state index < -0.39 is 5.97 Å². The van der Waals surface area contributed by atoms with Gasteiger partial charge >= 0.3 is 5.97 Å². The SMILES string of the molecule is COc1ccc(C(=O)OCC(=O)N2C[C@H](C)C[C@H](C)C2)cc1OC. The Bertz CT molecular complexity index is 591. The van der Waals surface area contributed by atoms with E-state index >= 15 is 0 Å². The van der Waals surface area contributed by atoms with Gasteiger partial charge in [0, 0.05) is 13.1 Å². The highest BCUT2D eigenvalue weighted by atomic mass is 16.5. The minimum atomic E-state index is -0.553. The van der Waals surface area contributed by atoms with Crippen LogP contribution in [-0.4, -0.2) is 50.7 Å². The maximum Gasteiger partial charge on any atom is 0.338 e. The normalized spacial score (nSPS) is 20.4. The summed E-state index contributed by atoms with van der Waals surface area (Å²) in [5.74, 6) is 1.21. The molecule has 6 heteroatoms. The van der Waals surface area contributed by atoms with E-state index in [0.717, 1.165) is 19.5 Å². The molecule has 0 N–H and O–H groups in total. The Kier molecular flexibility index (Phi) is 6.06. The number of benzene rings is 1. The second-order valence-corrected chi connectivity index (χ2v) is 6.39. The van der Waals surface area contributed by atoms with Crippen LogP contribution in [0.1, 0.15) is 30.6 Å². The Balaban J connectivity index is 1.94. The first kappa shape index (κ1) is 18.1. The largest absolute Gasteiger partial charge is 0.493 e. The lowest BCUT2D eigenvalue weighted by molar-refractivity contribution is -0.137. The van der Waals surface area contributed by atoms with Crippen LogP contribution in [0.5, 0.6) is 11.5 Å². The van der Waals surface area contributed by atoms with E-state index in [0.29, 0.717) is 28.9 Å². The second kappa shape index (κ2) is 8.04. The quantitative estimate of drug-likeness (QED) is 0.773. The highest BCUT2D eigenvalue weighted by molar-refractivity contribution is 5.92.